The van der Waals surface area contributed by atoms with Crippen LogP contribution in [0.25, 0.3) is 5.69 Å². The number of benzene rings is 2. The Balaban J connectivity index is 1.61. The van der Waals surface area contributed by atoms with Gasteiger partial charge in [0.1, 0.15) is 0 Å². The van der Waals surface area contributed by atoms with Crippen LogP contribution in [0.4, 0.5) is 0 Å². The van der Waals surface area contributed by atoms with E-state index in [4.69, 9.17) is 11.6 Å². The maximum Gasteiger partial charge on any atom is 0.230 e. The third kappa shape index (κ3) is 4.42. The molecule has 0 saturated carbocycles. The lowest BCUT2D eigenvalue weighted by atomic mass is 10.1. The molecule has 0 aliphatic rings. The van der Waals surface area contributed by atoms with Crippen LogP contribution in [0, 0.1) is 6.92 Å². The summed E-state index contributed by atoms with van der Waals surface area (Å²) in [7, 11) is 0. The van der Waals surface area contributed by atoms with E-state index in [1.54, 1.807) is 4.68 Å². The van der Waals surface area contributed by atoms with Gasteiger partial charge in [0.15, 0.2) is 0 Å². The summed E-state index contributed by atoms with van der Waals surface area (Å²) in [4.78, 5) is 12.3. The molecule has 0 saturated heterocycles. The molecule has 0 fully saturated rings. The summed E-state index contributed by atoms with van der Waals surface area (Å²) in [5, 5.41) is 15.9. The monoisotopic (exact) mass is 387 g/mol. The molecule has 0 bridgehead atoms. The average Bonchev–Trinajstić information content (AvgIpc) is 3.09. The molecule has 1 atom stereocenters. The summed E-state index contributed by atoms with van der Waals surface area (Å²) >= 11 is 7.46. The van der Waals surface area contributed by atoms with Crippen LogP contribution in [0.3, 0.4) is 0 Å². The van der Waals surface area contributed by atoms with Crippen LogP contribution in [0.5, 0.6) is 0 Å². The number of tetrazole rings is 1. The molecule has 1 amide bonds. The van der Waals surface area contributed by atoms with Crippen molar-refractivity contribution in [1.82, 2.24) is 25.5 Å². The van der Waals surface area contributed by atoms with E-state index in [1.807, 2.05) is 62.4 Å². The van der Waals surface area contributed by atoms with Crippen LogP contribution >= 0.6 is 23.4 Å². The molecule has 134 valence electrons. The standard InChI is InChI=1S/C18H18ClN5OS/c1-12-7-9-14(10-8-12)24-18(21-22-23-24)26-11-17(25)20-13(2)15-5-3-4-6-16(15)19/h3-10,13H,11H2,1-2H3,(H,20,25)/t13-/m0/s1. The third-order valence-corrected chi connectivity index (χ3v) is 5.06. The van der Waals surface area contributed by atoms with Crippen LogP contribution in [0.1, 0.15) is 24.1 Å². The Morgan fingerprint density at radius 1 is 1.23 bits per heavy atom. The lowest BCUT2D eigenvalue weighted by Crippen LogP contribution is -2.28. The maximum absolute atomic E-state index is 12.3. The predicted octanol–water partition coefficient (Wildman–Crippen LogP) is 3.59. The molecular weight excluding hydrogens is 370 g/mol. The van der Waals surface area contributed by atoms with E-state index in [2.05, 4.69) is 20.8 Å². The number of amides is 1. The SMILES string of the molecule is Cc1ccc(-n2nnnc2SCC(=O)N[C@@H](C)c2ccccc2Cl)cc1. The smallest absolute Gasteiger partial charge is 0.230 e. The minimum Gasteiger partial charge on any atom is -0.349 e. The number of nitrogens with one attached hydrogen (secondary N) is 1. The van der Waals surface area contributed by atoms with E-state index in [0.29, 0.717) is 10.2 Å². The van der Waals surface area contributed by atoms with Crippen molar-refractivity contribution >= 4 is 29.3 Å². The van der Waals surface area contributed by atoms with E-state index in [0.717, 1.165) is 16.8 Å². The molecule has 0 aliphatic carbocycles. The lowest BCUT2D eigenvalue weighted by molar-refractivity contribution is -0.119. The average molecular weight is 388 g/mol. The summed E-state index contributed by atoms with van der Waals surface area (Å²) in [6.45, 7) is 3.92. The Kier molecular flexibility index (Phi) is 5.90. The largest absolute Gasteiger partial charge is 0.349 e. The minimum atomic E-state index is -0.176. The Labute approximate surface area is 160 Å². The summed E-state index contributed by atoms with van der Waals surface area (Å²) in [5.74, 6) is 0.0991. The Bertz CT molecular complexity index is 897. The van der Waals surface area contributed by atoms with Gasteiger partial charge in [-0.05, 0) is 48.0 Å². The molecule has 26 heavy (non-hydrogen) atoms. The second-order valence-electron chi connectivity index (χ2n) is 5.81. The van der Waals surface area contributed by atoms with Gasteiger partial charge in [0.2, 0.25) is 11.1 Å². The van der Waals surface area contributed by atoms with Crippen LogP contribution < -0.4 is 5.32 Å². The first-order valence-corrected chi connectivity index (χ1v) is 9.43. The Morgan fingerprint density at radius 2 is 1.96 bits per heavy atom. The quantitative estimate of drug-likeness (QED) is 0.654. The summed E-state index contributed by atoms with van der Waals surface area (Å²) in [6.07, 6.45) is 0. The molecule has 8 heteroatoms. The van der Waals surface area contributed by atoms with Crippen LogP contribution in [0.15, 0.2) is 53.7 Å². The Hall–Kier alpha value is -2.38. The first-order valence-electron chi connectivity index (χ1n) is 8.06. The van der Waals surface area contributed by atoms with E-state index >= 15 is 0 Å². The molecule has 2 aromatic carbocycles. The van der Waals surface area contributed by atoms with Crippen molar-refractivity contribution in [3.8, 4) is 5.69 Å². The van der Waals surface area contributed by atoms with E-state index < -0.39 is 0 Å². The van der Waals surface area contributed by atoms with Gasteiger partial charge in [-0.1, -0.05) is 59.3 Å². The van der Waals surface area contributed by atoms with E-state index in [9.17, 15) is 4.79 Å². The molecule has 0 unspecified atom stereocenters. The first-order chi connectivity index (χ1) is 12.5. The fourth-order valence-corrected chi connectivity index (χ4v) is 3.44. The van der Waals surface area contributed by atoms with Gasteiger partial charge in [-0.2, -0.15) is 4.68 Å². The number of aryl methyl sites for hydroxylation is 1. The highest BCUT2D eigenvalue weighted by Gasteiger charge is 2.15. The second-order valence-corrected chi connectivity index (χ2v) is 7.16. The first kappa shape index (κ1) is 18.4. The summed E-state index contributed by atoms with van der Waals surface area (Å²) in [5.41, 5.74) is 2.90. The number of hydrogen-bond donors (Lipinski definition) is 1. The normalized spacial score (nSPS) is 12.0. The zero-order valence-electron chi connectivity index (χ0n) is 14.4. The van der Waals surface area contributed by atoms with Crippen molar-refractivity contribution in [3.05, 3.63) is 64.7 Å². The minimum absolute atomic E-state index is 0.110. The van der Waals surface area contributed by atoms with Crippen molar-refractivity contribution in [3.63, 3.8) is 0 Å². The zero-order valence-corrected chi connectivity index (χ0v) is 16.0. The van der Waals surface area contributed by atoms with Crippen molar-refractivity contribution in [1.29, 1.82) is 0 Å². The summed E-state index contributed by atoms with van der Waals surface area (Å²) in [6, 6.07) is 15.2. The number of carbonyl (C=O) groups is 1. The number of halogens is 1. The summed E-state index contributed by atoms with van der Waals surface area (Å²) < 4.78 is 1.62. The molecular formula is C18H18ClN5OS. The van der Waals surface area contributed by atoms with Crippen molar-refractivity contribution < 1.29 is 4.79 Å². The van der Waals surface area contributed by atoms with Gasteiger partial charge in [0.25, 0.3) is 0 Å². The molecule has 3 rings (SSSR count). The number of thioether (sulfide) groups is 1. The van der Waals surface area contributed by atoms with Crippen molar-refractivity contribution in [2.45, 2.75) is 25.0 Å². The number of carbonyl (C=O) groups excluding carboxylic acids is 1. The molecule has 1 heterocycles. The van der Waals surface area contributed by atoms with Crippen molar-refractivity contribution in [2.24, 2.45) is 0 Å². The highest BCUT2D eigenvalue weighted by Crippen LogP contribution is 2.23. The molecule has 0 spiro atoms. The molecule has 3 aromatic rings. The molecule has 1 aromatic heterocycles. The van der Waals surface area contributed by atoms with Gasteiger partial charge in [0.05, 0.1) is 17.5 Å². The fourth-order valence-electron chi connectivity index (χ4n) is 2.43. The van der Waals surface area contributed by atoms with Gasteiger partial charge in [-0.15, -0.1) is 5.10 Å². The molecule has 1 N–H and O–H groups in total. The maximum atomic E-state index is 12.3. The predicted molar refractivity (Wildman–Crippen MR) is 103 cm³/mol. The zero-order chi connectivity index (χ0) is 18.5. The van der Waals surface area contributed by atoms with Crippen molar-refractivity contribution in [2.75, 3.05) is 5.75 Å². The third-order valence-electron chi connectivity index (χ3n) is 3.80. The highest BCUT2D eigenvalue weighted by molar-refractivity contribution is 7.99. The van der Waals surface area contributed by atoms with E-state index in [1.165, 1.54) is 11.8 Å². The molecule has 0 radical (unpaired) electrons. The van der Waals surface area contributed by atoms with Crippen LogP contribution in [-0.2, 0) is 4.79 Å². The fraction of sp³-hybridized carbons (Fsp3) is 0.222. The Morgan fingerprint density at radius 3 is 2.69 bits per heavy atom. The van der Waals surface area contributed by atoms with E-state index in [-0.39, 0.29) is 17.7 Å². The molecule has 6 nitrogen and oxygen atoms in total. The lowest BCUT2D eigenvalue weighted by Gasteiger charge is -2.15. The number of aromatic nitrogens is 4. The number of nitrogens with zero attached hydrogens (tertiary/aromatic N) is 4. The van der Waals surface area contributed by atoms with Gasteiger partial charge in [0, 0.05) is 5.02 Å². The highest BCUT2D eigenvalue weighted by atomic mass is 35.5. The van der Waals surface area contributed by atoms with Crippen LogP contribution in [-0.4, -0.2) is 31.9 Å². The number of rotatable bonds is 6. The van der Waals surface area contributed by atoms with Gasteiger partial charge < -0.3 is 5.32 Å². The topological polar surface area (TPSA) is 72.7 Å². The van der Waals surface area contributed by atoms with Gasteiger partial charge in [-0.3, -0.25) is 4.79 Å². The molecule has 0 aliphatic heterocycles. The van der Waals surface area contributed by atoms with Crippen LogP contribution in [0.2, 0.25) is 5.02 Å². The number of hydrogen-bond acceptors (Lipinski definition) is 5. The van der Waals surface area contributed by atoms with Gasteiger partial charge >= 0.3 is 0 Å². The second kappa shape index (κ2) is 8.33. The van der Waals surface area contributed by atoms with Gasteiger partial charge in [-0.25, -0.2) is 0 Å².